The molecule has 2 aromatic heterocycles. The molecule has 4 heterocycles. The van der Waals surface area contributed by atoms with Gasteiger partial charge in [-0.25, -0.2) is 9.07 Å². The molecule has 0 saturated carbocycles. The van der Waals surface area contributed by atoms with Gasteiger partial charge in [0, 0.05) is 16.0 Å². The summed E-state index contributed by atoms with van der Waals surface area (Å²) in [5.74, 6) is 1.21. The average molecular weight is 402 g/mol. The fourth-order valence-electron chi connectivity index (χ4n) is 4.05. The van der Waals surface area contributed by atoms with E-state index in [4.69, 9.17) is 4.74 Å². The maximum Gasteiger partial charge on any atom is 0.226 e. The van der Waals surface area contributed by atoms with Crippen LogP contribution in [0.1, 0.15) is 28.1 Å². The first-order chi connectivity index (χ1) is 14.3. The molecule has 4 aromatic rings. The highest BCUT2D eigenvalue weighted by atomic mass is 32.1. The van der Waals surface area contributed by atoms with Gasteiger partial charge in [-0.05, 0) is 41.3 Å². The number of hydrogen-bond acceptors (Lipinski definition) is 5. The smallest absolute Gasteiger partial charge is 0.226 e. The van der Waals surface area contributed by atoms with Crippen LogP contribution in [-0.2, 0) is 0 Å². The van der Waals surface area contributed by atoms with Crippen molar-refractivity contribution in [2.45, 2.75) is 12.1 Å². The number of anilines is 1. The summed E-state index contributed by atoms with van der Waals surface area (Å²) < 4.78 is 22.0. The Kier molecular flexibility index (Phi) is 3.57. The molecule has 0 radical (unpaired) electrons. The number of thiophene rings is 1. The van der Waals surface area contributed by atoms with E-state index in [0.29, 0.717) is 5.95 Å². The summed E-state index contributed by atoms with van der Waals surface area (Å²) in [5, 5.41) is 10.00. The average Bonchev–Trinajstić information content (AvgIpc) is 3.44. The second-order valence-corrected chi connectivity index (χ2v) is 7.93. The van der Waals surface area contributed by atoms with Crippen LogP contribution in [0.2, 0.25) is 0 Å². The van der Waals surface area contributed by atoms with Crippen molar-refractivity contribution < 1.29 is 9.13 Å². The highest BCUT2D eigenvalue weighted by Gasteiger charge is 2.41. The van der Waals surface area contributed by atoms with Crippen molar-refractivity contribution in [1.29, 1.82) is 0 Å². The molecule has 0 fully saturated rings. The minimum absolute atomic E-state index is 0.160. The minimum atomic E-state index is -0.377. The molecular formula is C22H15FN4OS. The maximum absolute atomic E-state index is 13.6. The van der Waals surface area contributed by atoms with Gasteiger partial charge in [0.25, 0.3) is 0 Å². The van der Waals surface area contributed by atoms with Crippen LogP contribution in [-0.4, -0.2) is 14.8 Å². The predicted molar refractivity (Wildman–Crippen MR) is 109 cm³/mol. The number of rotatable bonds is 2. The summed E-state index contributed by atoms with van der Waals surface area (Å²) in [6.07, 6.45) is 1.18. The molecule has 0 spiro atoms. The second kappa shape index (κ2) is 6.28. The van der Waals surface area contributed by atoms with Crippen molar-refractivity contribution in [3.05, 3.63) is 99.8 Å². The van der Waals surface area contributed by atoms with Crippen molar-refractivity contribution in [3.8, 4) is 5.75 Å². The zero-order chi connectivity index (χ0) is 19.4. The third kappa shape index (κ3) is 2.51. The largest absolute Gasteiger partial charge is 0.480 e. The Hall–Kier alpha value is -3.45. The van der Waals surface area contributed by atoms with E-state index in [9.17, 15) is 4.39 Å². The van der Waals surface area contributed by atoms with Crippen LogP contribution >= 0.6 is 11.3 Å². The quantitative estimate of drug-likeness (QED) is 0.510. The number of para-hydroxylation sites is 1. The maximum atomic E-state index is 13.6. The number of halogens is 1. The highest BCUT2D eigenvalue weighted by Crippen LogP contribution is 2.51. The molecular weight excluding hydrogens is 387 g/mol. The van der Waals surface area contributed by atoms with Crippen molar-refractivity contribution in [2.75, 3.05) is 5.32 Å². The number of fused-ring (bicyclic) bond motifs is 3. The number of nitrogens with zero attached hydrogens (tertiary/aromatic N) is 3. The lowest BCUT2D eigenvalue weighted by atomic mass is 9.87. The summed E-state index contributed by atoms with van der Waals surface area (Å²) in [7, 11) is 0. The molecule has 7 heteroatoms. The number of nitrogens with one attached hydrogen (secondary N) is 1. The van der Waals surface area contributed by atoms with Gasteiger partial charge in [-0.3, -0.25) is 0 Å². The van der Waals surface area contributed by atoms with Crippen molar-refractivity contribution in [2.24, 2.45) is 0 Å². The monoisotopic (exact) mass is 402 g/mol. The Labute approximate surface area is 170 Å². The van der Waals surface area contributed by atoms with Crippen LogP contribution in [0.3, 0.4) is 0 Å². The first-order valence-electron chi connectivity index (χ1n) is 9.25. The Morgan fingerprint density at radius 3 is 2.72 bits per heavy atom. The molecule has 6 rings (SSSR count). The molecule has 0 bridgehead atoms. The van der Waals surface area contributed by atoms with E-state index in [0.717, 1.165) is 33.0 Å². The number of benzene rings is 2. The van der Waals surface area contributed by atoms with Crippen LogP contribution in [0, 0.1) is 5.82 Å². The van der Waals surface area contributed by atoms with E-state index in [1.54, 1.807) is 29.8 Å². The fraction of sp³-hybridized carbons (Fsp3) is 0.0909. The van der Waals surface area contributed by atoms with Crippen molar-refractivity contribution in [3.63, 3.8) is 0 Å². The molecule has 142 valence electrons. The predicted octanol–water partition coefficient (Wildman–Crippen LogP) is 5.04. The van der Waals surface area contributed by atoms with Gasteiger partial charge in [0.15, 0.2) is 0 Å². The highest BCUT2D eigenvalue weighted by molar-refractivity contribution is 7.10. The minimum Gasteiger partial charge on any atom is -0.480 e. The van der Waals surface area contributed by atoms with Crippen LogP contribution < -0.4 is 10.1 Å². The lowest BCUT2D eigenvalue weighted by Gasteiger charge is -2.38. The van der Waals surface area contributed by atoms with Crippen molar-refractivity contribution in [1.82, 2.24) is 14.8 Å². The zero-order valence-electron chi connectivity index (χ0n) is 15.1. The Bertz CT molecular complexity index is 1230. The third-order valence-electron chi connectivity index (χ3n) is 5.31. The summed E-state index contributed by atoms with van der Waals surface area (Å²) in [4.78, 5) is 5.55. The molecule has 2 aromatic carbocycles. The normalized spacial score (nSPS) is 19.6. The van der Waals surface area contributed by atoms with E-state index in [2.05, 4.69) is 26.8 Å². The van der Waals surface area contributed by atoms with Crippen LogP contribution in [0.15, 0.2) is 77.9 Å². The molecule has 1 N–H and O–H groups in total. The van der Waals surface area contributed by atoms with Gasteiger partial charge < -0.3 is 10.1 Å². The molecule has 2 aliphatic rings. The van der Waals surface area contributed by atoms with E-state index in [1.165, 1.54) is 12.1 Å². The lowest BCUT2D eigenvalue weighted by molar-refractivity contribution is 0.223. The number of ether oxygens (including phenoxy) is 1. The van der Waals surface area contributed by atoms with Gasteiger partial charge in [-0.2, -0.15) is 10.1 Å². The molecule has 2 aliphatic heterocycles. The summed E-state index contributed by atoms with van der Waals surface area (Å²) >= 11 is 1.67. The lowest BCUT2D eigenvalue weighted by Crippen LogP contribution is -2.32. The Morgan fingerprint density at radius 2 is 1.90 bits per heavy atom. The Morgan fingerprint density at radius 1 is 1.03 bits per heavy atom. The number of aromatic nitrogens is 3. The summed E-state index contributed by atoms with van der Waals surface area (Å²) in [6, 6.07) is 18.4. The van der Waals surface area contributed by atoms with E-state index >= 15 is 0 Å². The second-order valence-electron chi connectivity index (χ2n) is 6.95. The molecule has 5 nitrogen and oxygen atoms in total. The molecule has 29 heavy (non-hydrogen) atoms. The zero-order valence-corrected chi connectivity index (χ0v) is 15.9. The standard InChI is InChI=1S/C22H15FN4OS/c23-14-9-7-13(8-10-14)21-18-19(15-4-1-2-5-16(15)28-21)26-22-24-12-25-27(22)20(18)17-6-3-11-29-17/h1-12,20-21H,(H,24,25,26)/t20-,21+/m0/s1. The van der Waals surface area contributed by atoms with E-state index < -0.39 is 0 Å². The fourth-order valence-corrected chi connectivity index (χ4v) is 4.88. The third-order valence-corrected chi connectivity index (χ3v) is 6.23. The van der Waals surface area contributed by atoms with Crippen LogP contribution in [0.5, 0.6) is 5.75 Å². The van der Waals surface area contributed by atoms with Crippen LogP contribution in [0.4, 0.5) is 10.3 Å². The van der Waals surface area contributed by atoms with Crippen molar-refractivity contribution >= 4 is 23.0 Å². The molecule has 0 amide bonds. The van der Waals surface area contributed by atoms with Gasteiger partial charge >= 0.3 is 0 Å². The first kappa shape index (κ1) is 16.5. The molecule has 0 aliphatic carbocycles. The van der Waals surface area contributed by atoms with Gasteiger partial charge in [-0.1, -0.05) is 30.3 Å². The number of hydrogen-bond donors (Lipinski definition) is 1. The van der Waals surface area contributed by atoms with E-state index in [1.807, 2.05) is 35.0 Å². The van der Waals surface area contributed by atoms with Gasteiger partial charge in [0.2, 0.25) is 5.95 Å². The summed E-state index contributed by atoms with van der Waals surface area (Å²) in [5.41, 5.74) is 3.88. The van der Waals surface area contributed by atoms with Gasteiger partial charge in [0.1, 0.15) is 30.0 Å². The molecule has 0 unspecified atom stereocenters. The summed E-state index contributed by atoms with van der Waals surface area (Å²) in [6.45, 7) is 0. The van der Waals surface area contributed by atoms with Gasteiger partial charge in [0.05, 0.1) is 5.70 Å². The SMILES string of the molecule is Fc1ccc([C@H]2Oc3ccccc3C3=C2[C@H](c2cccs2)n2ncnc2N3)cc1. The topological polar surface area (TPSA) is 52.0 Å². The first-order valence-corrected chi connectivity index (χ1v) is 10.1. The molecule has 0 saturated heterocycles. The van der Waals surface area contributed by atoms with Crippen LogP contribution in [0.25, 0.3) is 5.70 Å². The molecule has 2 atom stereocenters. The van der Waals surface area contributed by atoms with Gasteiger partial charge in [-0.15, -0.1) is 11.3 Å². The van der Waals surface area contributed by atoms with E-state index in [-0.39, 0.29) is 18.0 Å². The Balaban J connectivity index is 1.63.